The lowest BCUT2D eigenvalue weighted by Crippen LogP contribution is -2.13. The fraction of sp³-hybridized carbons (Fsp3) is 0.455. The molecule has 2 rings (SSSR count). The molecule has 1 fully saturated rings. The molecule has 0 spiro atoms. The zero-order valence-electron chi connectivity index (χ0n) is 8.29. The minimum Gasteiger partial charge on any atom is -0.508 e. The summed E-state index contributed by atoms with van der Waals surface area (Å²) >= 11 is 0. The number of benzene rings is 1. The van der Waals surface area contributed by atoms with Crippen molar-refractivity contribution in [3.8, 4) is 11.5 Å². The molecule has 0 bridgehead atoms. The van der Waals surface area contributed by atoms with Gasteiger partial charge in [0.15, 0.2) is 0 Å². The summed E-state index contributed by atoms with van der Waals surface area (Å²) in [6.45, 7) is 1.06. The number of aromatic hydroxyl groups is 1. The van der Waals surface area contributed by atoms with Crippen LogP contribution in [0, 0.1) is 0 Å². The van der Waals surface area contributed by atoms with Crippen molar-refractivity contribution in [3.05, 3.63) is 23.8 Å². The maximum Gasteiger partial charge on any atom is 0.127 e. The highest BCUT2D eigenvalue weighted by molar-refractivity contribution is 5.42. The Morgan fingerprint density at radius 1 is 1.50 bits per heavy atom. The zero-order valence-corrected chi connectivity index (χ0v) is 8.29. The van der Waals surface area contributed by atoms with E-state index >= 15 is 0 Å². The molecule has 1 saturated heterocycles. The van der Waals surface area contributed by atoms with Crippen molar-refractivity contribution in [2.24, 2.45) is 0 Å². The summed E-state index contributed by atoms with van der Waals surface area (Å²) in [6, 6.07) is 5.68. The predicted molar refractivity (Wildman–Crippen MR) is 54.6 cm³/mol. The standard InChI is InChI=1S/C11H15NO2/c1-14-11-7-8(13)4-5-9(11)10-3-2-6-12-10/h4-5,7,10,12-13H,2-3,6H2,1H3. The quantitative estimate of drug-likeness (QED) is 0.752. The van der Waals surface area contributed by atoms with Crippen LogP contribution in [0.1, 0.15) is 24.4 Å². The molecule has 0 saturated carbocycles. The fourth-order valence-electron chi connectivity index (χ4n) is 1.94. The molecule has 1 aromatic carbocycles. The van der Waals surface area contributed by atoms with E-state index in [4.69, 9.17) is 4.74 Å². The van der Waals surface area contributed by atoms with Crippen LogP contribution in [0.5, 0.6) is 11.5 Å². The van der Waals surface area contributed by atoms with Crippen LogP contribution in [0.2, 0.25) is 0 Å². The van der Waals surface area contributed by atoms with Gasteiger partial charge in [0.1, 0.15) is 11.5 Å². The van der Waals surface area contributed by atoms with Gasteiger partial charge < -0.3 is 15.2 Å². The predicted octanol–water partition coefficient (Wildman–Crippen LogP) is 1.83. The Morgan fingerprint density at radius 2 is 2.36 bits per heavy atom. The second kappa shape index (κ2) is 3.88. The van der Waals surface area contributed by atoms with Crippen molar-refractivity contribution in [2.45, 2.75) is 18.9 Å². The van der Waals surface area contributed by atoms with E-state index < -0.39 is 0 Å². The van der Waals surface area contributed by atoms with E-state index in [0.717, 1.165) is 24.3 Å². The Hall–Kier alpha value is -1.22. The number of phenolic OH excluding ortho intramolecular Hbond substituents is 1. The van der Waals surface area contributed by atoms with Gasteiger partial charge in [0.05, 0.1) is 7.11 Å². The molecule has 0 aliphatic carbocycles. The molecule has 0 aromatic heterocycles. The van der Waals surface area contributed by atoms with Crippen molar-refractivity contribution in [1.82, 2.24) is 5.32 Å². The van der Waals surface area contributed by atoms with Gasteiger partial charge in [0.25, 0.3) is 0 Å². The van der Waals surface area contributed by atoms with Gasteiger partial charge in [-0.15, -0.1) is 0 Å². The summed E-state index contributed by atoms with van der Waals surface area (Å²) in [5.74, 6) is 1.02. The number of rotatable bonds is 2. The molecule has 1 aliphatic heterocycles. The molecule has 1 heterocycles. The number of nitrogens with one attached hydrogen (secondary N) is 1. The number of methoxy groups -OCH3 is 1. The Morgan fingerprint density at radius 3 is 3.00 bits per heavy atom. The fourth-order valence-corrected chi connectivity index (χ4v) is 1.94. The number of hydrogen-bond acceptors (Lipinski definition) is 3. The third-order valence-electron chi connectivity index (χ3n) is 2.65. The monoisotopic (exact) mass is 193 g/mol. The molecule has 14 heavy (non-hydrogen) atoms. The molecule has 1 unspecified atom stereocenters. The van der Waals surface area contributed by atoms with Gasteiger partial charge >= 0.3 is 0 Å². The molecule has 2 N–H and O–H groups in total. The number of phenols is 1. The summed E-state index contributed by atoms with van der Waals surface area (Å²) in [5, 5.41) is 12.7. The summed E-state index contributed by atoms with van der Waals surface area (Å²) in [7, 11) is 1.63. The third-order valence-corrected chi connectivity index (χ3v) is 2.65. The molecular weight excluding hydrogens is 178 g/mol. The first kappa shape index (κ1) is 9.34. The van der Waals surface area contributed by atoms with E-state index in [2.05, 4.69) is 5.32 Å². The molecular formula is C11H15NO2. The normalized spacial score (nSPS) is 21.1. The van der Waals surface area contributed by atoms with E-state index in [0.29, 0.717) is 6.04 Å². The van der Waals surface area contributed by atoms with Gasteiger partial charge in [-0.1, -0.05) is 6.07 Å². The third kappa shape index (κ3) is 1.68. The van der Waals surface area contributed by atoms with Gasteiger partial charge in [-0.25, -0.2) is 0 Å². The maximum absolute atomic E-state index is 9.31. The highest BCUT2D eigenvalue weighted by atomic mass is 16.5. The van der Waals surface area contributed by atoms with Crippen molar-refractivity contribution in [3.63, 3.8) is 0 Å². The average Bonchev–Trinajstić information content (AvgIpc) is 2.70. The average molecular weight is 193 g/mol. The van der Waals surface area contributed by atoms with Crippen LogP contribution < -0.4 is 10.1 Å². The highest BCUT2D eigenvalue weighted by Crippen LogP contribution is 2.32. The van der Waals surface area contributed by atoms with Crippen LogP contribution in [0.3, 0.4) is 0 Å². The van der Waals surface area contributed by atoms with Gasteiger partial charge in [0.2, 0.25) is 0 Å². The summed E-state index contributed by atoms with van der Waals surface area (Å²) < 4.78 is 5.24. The van der Waals surface area contributed by atoms with E-state index in [-0.39, 0.29) is 5.75 Å². The lowest BCUT2D eigenvalue weighted by Gasteiger charge is -2.14. The Balaban J connectivity index is 2.31. The van der Waals surface area contributed by atoms with E-state index in [9.17, 15) is 5.11 Å². The first-order valence-electron chi connectivity index (χ1n) is 4.91. The second-order valence-electron chi connectivity index (χ2n) is 3.58. The molecule has 76 valence electrons. The van der Waals surface area contributed by atoms with Crippen molar-refractivity contribution in [1.29, 1.82) is 0 Å². The number of ether oxygens (including phenoxy) is 1. The Bertz CT molecular complexity index is 319. The largest absolute Gasteiger partial charge is 0.508 e. The molecule has 1 aliphatic rings. The van der Waals surface area contributed by atoms with Crippen LogP contribution in [0.4, 0.5) is 0 Å². The van der Waals surface area contributed by atoms with Gasteiger partial charge in [-0.3, -0.25) is 0 Å². The van der Waals surface area contributed by atoms with Crippen LogP contribution in [0.15, 0.2) is 18.2 Å². The molecule has 1 aromatic rings. The Kier molecular flexibility index (Phi) is 2.59. The van der Waals surface area contributed by atoms with Crippen LogP contribution in [0.25, 0.3) is 0 Å². The smallest absolute Gasteiger partial charge is 0.127 e. The lowest BCUT2D eigenvalue weighted by atomic mass is 10.0. The highest BCUT2D eigenvalue weighted by Gasteiger charge is 2.19. The van der Waals surface area contributed by atoms with Gasteiger partial charge in [-0.2, -0.15) is 0 Å². The summed E-state index contributed by atoms with van der Waals surface area (Å²) in [5.41, 5.74) is 1.14. The lowest BCUT2D eigenvalue weighted by molar-refractivity contribution is 0.396. The second-order valence-corrected chi connectivity index (χ2v) is 3.58. The molecule has 3 heteroatoms. The maximum atomic E-state index is 9.31. The van der Waals surface area contributed by atoms with Crippen molar-refractivity contribution in [2.75, 3.05) is 13.7 Å². The summed E-state index contributed by atoms with van der Waals surface area (Å²) in [4.78, 5) is 0. The SMILES string of the molecule is COc1cc(O)ccc1C1CCCN1. The van der Waals surface area contributed by atoms with Gasteiger partial charge in [0, 0.05) is 17.7 Å². The van der Waals surface area contributed by atoms with E-state index in [1.165, 1.54) is 6.42 Å². The first-order chi connectivity index (χ1) is 6.81. The summed E-state index contributed by atoms with van der Waals surface area (Å²) in [6.07, 6.45) is 2.34. The van der Waals surface area contributed by atoms with Gasteiger partial charge in [-0.05, 0) is 25.5 Å². The zero-order chi connectivity index (χ0) is 9.97. The molecule has 0 amide bonds. The van der Waals surface area contributed by atoms with Crippen LogP contribution in [-0.4, -0.2) is 18.8 Å². The molecule has 3 nitrogen and oxygen atoms in total. The Labute approximate surface area is 83.7 Å². The van der Waals surface area contributed by atoms with Crippen LogP contribution >= 0.6 is 0 Å². The molecule has 1 atom stereocenters. The topological polar surface area (TPSA) is 41.5 Å². The van der Waals surface area contributed by atoms with Crippen LogP contribution in [-0.2, 0) is 0 Å². The minimum atomic E-state index is 0.253. The number of hydrogen-bond donors (Lipinski definition) is 2. The van der Waals surface area contributed by atoms with Crippen molar-refractivity contribution >= 4 is 0 Å². The van der Waals surface area contributed by atoms with Crippen molar-refractivity contribution < 1.29 is 9.84 Å². The minimum absolute atomic E-state index is 0.253. The van der Waals surface area contributed by atoms with E-state index in [1.54, 1.807) is 19.2 Å². The van der Waals surface area contributed by atoms with E-state index in [1.807, 2.05) is 6.07 Å². The first-order valence-corrected chi connectivity index (χ1v) is 4.91. The molecule has 0 radical (unpaired) electrons.